The molecule has 100 valence electrons. The molecule has 0 amide bonds. The van der Waals surface area contributed by atoms with Crippen LogP contribution in [0.5, 0.6) is 0 Å². The van der Waals surface area contributed by atoms with E-state index in [-0.39, 0.29) is 5.78 Å². The van der Waals surface area contributed by atoms with Gasteiger partial charge >= 0.3 is 0 Å². The number of nitrogens with zero attached hydrogens (tertiary/aromatic N) is 1. The van der Waals surface area contributed by atoms with Crippen LogP contribution in [0.2, 0.25) is 0 Å². The van der Waals surface area contributed by atoms with E-state index in [0.717, 1.165) is 22.2 Å². The van der Waals surface area contributed by atoms with Crippen molar-refractivity contribution in [1.82, 2.24) is 4.98 Å². The van der Waals surface area contributed by atoms with Crippen LogP contribution >= 0.6 is 11.3 Å². The van der Waals surface area contributed by atoms with Gasteiger partial charge in [0.2, 0.25) is 5.78 Å². The summed E-state index contributed by atoms with van der Waals surface area (Å²) in [6.07, 6.45) is 0.718. The zero-order valence-electron chi connectivity index (χ0n) is 10.9. The monoisotopic (exact) mass is 282 g/mol. The maximum Gasteiger partial charge on any atom is 0.212 e. The molecule has 0 unspecified atom stereocenters. The summed E-state index contributed by atoms with van der Waals surface area (Å²) in [6.45, 7) is 0.553. The predicted molar refractivity (Wildman–Crippen MR) is 82.3 cm³/mol. The second-order valence-electron chi connectivity index (χ2n) is 4.56. The molecule has 4 heteroatoms. The van der Waals surface area contributed by atoms with E-state index >= 15 is 0 Å². The Kier molecular flexibility index (Phi) is 3.58. The number of ketones is 1. The number of carbonyl (C=O) groups is 1. The Labute approximate surface area is 121 Å². The second kappa shape index (κ2) is 5.53. The van der Waals surface area contributed by atoms with Crippen molar-refractivity contribution in [3.8, 4) is 0 Å². The summed E-state index contributed by atoms with van der Waals surface area (Å²) >= 11 is 1.49. The topological polar surface area (TPSA) is 56.0 Å². The van der Waals surface area contributed by atoms with Gasteiger partial charge in [0, 0.05) is 17.4 Å². The van der Waals surface area contributed by atoms with E-state index in [1.54, 1.807) is 0 Å². The van der Waals surface area contributed by atoms with Crippen LogP contribution < -0.4 is 5.73 Å². The number of fused-ring (bicyclic) bond motifs is 1. The molecule has 0 spiro atoms. The molecule has 3 aromatic rings. The number of hydrogen-bond donors (Lipinski definition) is 1. The van der Waals surface area contributed by atoms with Gasteiger partial charge in [0.05, 0.1) is 5.01 Å². The summed E-state index contributed by atoms with van der Waals surface area (Å²) < 4.78 is 0. The molecule has 0 fully saturated rings. The fourth-order valence-corrected chi connectivity index (χ4v) is 2.93. The van der Waals surface area contributed by atoms with Crippen molar-refractivity contribution in [2.45, 2.75) is 6.42 Å². The zero-order chi connectivity index (χ0) is 13.9. The van der Waals surface area contributed by atoms with E-state index in [4.69, 9.17) is 5.73 Å². The molecule has 0 aliphatic rings. The first-order valence-electron chi connectivity index (χ1n) is 6.46. The highest BCUT2D eigenvalue weighted by molar-refractivity contribution is 7.09. The van der Waals surface area contributed by atoms with Crippen LogP contribution in [0.4, 0.5) is 0 Å². The van der Waals surface area contributed by atoms with Crippen LogP contribution in [0.1, 0.15) is 21.1 Å². The Morgan fingerprint density at radius 3 is 2.75 bits per heavy atom. The Balaban J connectivity index is 1.94. The normalized spacial score (nSPS) is 10.8. The minimum atomic E-state index is -0.0322. The Bertz CT molecular complexity index is 764. The summed E-state index contributed by atoms with van der Waals surface area (Å²) in [5, 5.41) is 4.92. The number of thiazole rings is 1. The molecular formula is C16H14N2OS. The van der Waals surface area contributed by atoms with E-state index in [9.17, 15) is 4.79 Å². The minimum absolute atomic E-state index is 0.0322. The molecule has 1 aromatic heterocycles. The van der Waals surface area contributed by atoms with Gasteiger partial charge in [0.1, 0.15) is 5.69 Å². The number of hydrogen-bond acceptors (Lipinski definition) is 4. The lowest BCUT2D eigenvalue weighted by Crippen LogP contribution is -2.04. The molecule has 0 saturated heterocycles. The van der Waals surface area contributed by atoms with Crippen LogP contribution in [0.3, 0.4) is 0 Å². The van der Waals surface area contributed by atoms with Crippen molar-refractivity contribution in [2.75, 3.05) is 6.54 Å². The van der Waals surface area contributed by atoms with Crippen molar-refractivity contribution in [2.24, 2.45) is 5.73 Å². The van der Waals surface area contributed by atoms with E-state index in [1.807, 2.05) is 47.8 Å². The molecule has 3 rings (SSSR count). The van der Waals surface area contributed by atoms with Gasteiger partial charge in [-0.25, -0.2) is 4.98 Å². The van der Waals surface area contributed by atoms with Crippen molar-refractivity contribution in [1.29, 1.82) is 0 Å². The van der Waals surface area contributed by atoms with E-state index in [2.05, 4.69) is 4.98 Å². The third kappa shape index (κ3) is 2.48. The van der Waals surface area contributed by atoms with Gasteiger partial charge in [-0.3, -0.25) is 4.79 Å². The lowest BCUT2D eigenvalue weighted by molar-refractivity contribution is 0.103. The maximum atomic E-state index is 12.4. The first kappa shape index (κ1) is 13.0. The minimum Gasteiger partial charge on any atom is -0.330 e. The fraction of sp³-hybridized carbons (Fsp3) is 0.125. The summed E-state index contributed by atoms with van der Waals surface area (Å²) in [6, 6.07) is 13.7. The SMILES string of the molecule is NCCc1nc(C(=O)c2ccc3ccccc3c2)cs1. The molecular weight excluding hydrogens is 268 g/mol. The van der Waals surface area contributed by atoms with Gasteiger partial charge in [0.15, 0.2) is 0 Å². The molecule has 0 radical (unpaired) electrons. The van der Waals surface area contributed by atoms with Crippen molar-refractivity contribution in [3.63, 3.8) is 0 Å². The molecule has 0 aliphatic heterocycles. The van der Waals surface area contributed by atoms with Gasteiger partial charge in [-0.1, -0.05) is 36.4 Å². The van der Waals surface area contributed by atoms with Gasteiger partial charge in [0.25, 0.3) is 0 Å². The average molecular weight is 282 g/mol. The number of nitrogens with two attached hydrogens (primary N) is 1. The molecule has 0 aliphatic carbocycles. The highest BCUT2D eigenvalue weighted by Gasteiger charge is 2.13. The molecule has 2 aromatic carbocycles. The number of carbonyl (C=O) groups excluding carboxylic acids is 1. The van der Waals surface area contributed by atoms with E-state index < -0.39 is 0 Å². The fourth-order valence-electron chi connectivity index (χ4n) is 2.13. The summed E-state index contributed by atoms with van der Waals surface area (Å²) in [5.74, 6) is -0.0322. The summed E-state index contributed by atoms with van der Waals surface area (Å²) in [7, 11) is 0. The smallest absolute Gasteiger partial charge is 0.212 e. The number of rotatable bonds is 4. The molecule has 20 heavy (non-hydrogen) atoms. The van der Waals surface area contributed by atoms with Crippen molar-refractivity contribution in [3.05, 3.63) is 64.1 Å². The molecule has 2 N–H and O–H groups in total. The largest absolute Gasteiger partial charge is 0.330 e. The molecule has 1 heterocycles. The average Bonchev–Trinajstić information content (AvgIpc) is 2.95. The van der Waals surface area contributed by atoms with Gasteiger partial charge in [-0.05, 0) is 23.4 Å². The predicted octanol–water partition coefficient (Wildman–Crippen LogP) is 3.03. The maximum absolute atomic E-state index is 12.4. The van der Waals surface area contributed by atoms with Crippen molar-refractivity contribution < 1.29 is 4.79 Å². The van der Waals surface area contributed by atoms with Gasteiger partial charge in [-0.15, -0.1) is 11.3 Å². The van der Waals surface area contributed by atoms with E-state index in [0.29, 0.717) is 17.8 Å². The first-order valence-corrected chi connectivity index (χ1v) is 7.34. The summed E-state index contributed by atoms with van der Waals surface area (Å²) in [4.78, 5) is 16.8. The number of aromatic nitrogens is 1. The Morgan fingerprint density at radius 2 is 1.95 bits per heavy atom. The van der Waals surface area contributed by atoms with E-state index in [1.165, 1.54) is 11.3 Å². The highest BCUT2D eigenvalue weighted by atomic mass is 32.1. The van der Waals surface area contributed by atoms with Crippen LogP contribution in [-0.4, -0.2) is 17.3 Å². The highest BCUT2D eigenvalue weighted by Crippen LogP contribution is 2.19. The third-order valence-electron chi connectivity index (χ3n) is 3.15. The van der Waals surface area contributed by atoms with Crippen molar-refractivity contribution >= 4 is 27.9 Å². The Hall–Kier alpha value is -2.04. The zero-order valence-corrected chi connectivity index (χ0v) is 11.7. The summed E-state index contributed by atoms with van der Waals surface area (Å²) in [5.41, 5.74) is 6.68. The lowest BCUT2D eigenvalue weighted by atomic mass is 10.0. The molecule has 0 bridgehead atoms. The second-order valence-corrected chi connectivity index (χ2v) is 5.50. The molecule has 0 saturated carbocycles. The lowest BCUT2D eigenvalue weighted by Gasteiger charge is -2.01. The quantitative estimate of drug-likeness (QED) is 0.748. The first-order chi connectivity index (χ1) is 9.78. The molecule has 0 atom stereocenters. The van der Waals surface area contributed by atoms with Crippen LogP contribution in [0.25, 0.3) is 10.8 Å². The van der Waals surface area contributed by atoms with Crippen LogP contribution in [-0.2, 0) is 6.42 Å². The van der Waals surface area contributed by atoms with Crippen LogP contribution in [0, 0.1) is 0 Å². The third-order valence-corrected chi connectivity index (χ3v) is 4.06. The van der Waals surface area contributed by atoms with Crippen LogP contribution in [0.15, 0.2) is 47.8 Å². The molecule has 3 nitrogen and oxygen atoms in total. The van der Waals surface area contributed by atoms with Gasteiger partial charge < -0.3 is 5.73 Å². The Morgan fingerprint density at radius 1 is 1.15 bits per heavy atom. The number of benzene rings is 2. The standard InChI is InChI=1S/C16H14N2OS/c17-8-7-15-18-14(10-20-15)16(19)13-6-5-11-3-1-2-4-12(11)9-13/h1-6,9-10H,7-8,17H2. The van der Waals surface area contributed by atoms with Gasteiger partial charge in [-0.2, -0.15) is 0 Å².